The molecule has 3 nitrogen and oxygen atoms in total. The van der Waals surface area contributed by atoms with Gasteiger partial charge in [-0.05, 0) is 45.3 Å². The van der Waals surface area contributed by atoms with Gasteiger partial charge in [0.2, 0.25) is 0 Å². The van der Waals surface area contributed by atoms with Crippen LogP contribution in [-0.4, -0.2) is 20.2 Å². The van der Waals surface area contributed by atoms with E-state index < -0.39 is 0 Å². The van der Waals surface area contributed by atoms with Gasteiger partial charge in [0.25, 0.3) is 0 Å². The monoisotopic (exact) mass is 320 g/mol. The van der Waals surface area contributed by atoms with E-state index in [1.807, 2.05) is 36.4 Å². The highest BCUT2D eigenvalue weighted by atomic mass is 79.9. The summed E-state index contributed by atoms with van der Waals surface area (Å²) in [6.45, 7) is 0. The van der Waals surface area contributed by atoms with Crippen LogP contribution in [0.5, 0.6) is 5.75 Å². The molecule has 0 N–H and O–H groups in total. The molecule has 0 amide bonds. The minimum Gasteiger partial charge on any atom is -0.496 e. The van der Waals surface area contributed by atoms with E-state index in [9.17, 15) is 4.79 Å². The lowest BCUT2D eigenvalue weighted by Gasteiger charge is -2.10. The second-order valence-electron chi connectivity index (χ2n) is 3.89. The molecule has 2 aromatic rings. The third-order valence-corrected chi connectivity index (χ3v) is 3.45. The highest BCUT2D eigenvalue weighted by molar-refractivity contribution is 9.10. The molecule has 0 spiro atoms. The fraction of sp³-hybridized carbons (Fsp3) is 0.133. The molecule has 0 saturated heterocycles. The molecule has 2 aromatic carbocycles. The van der Waals surface area contributed by atoms with Crippen molar-refractivity contribution in [2.45, 2.75) is 0 Å². The molecule has 0 atom stereocenters. The third kappa shape index (κ3) is 2.79. The van der Waals surface area contributed by atoms with Crippen LogP contribution in [0.25, 0.3) is 11.1 Å². The number of carbonyl (C=O) groups excluding carboxylic acids is 1. The van der Waals surface area contributed by atoms with E-state index in [-0.39, 0.29) is 5.97 Å². The Hall–Kier alpha value is -1.81. The number of ether oxygens (including phenoxy) is 2. The van der Waals surface area contributed by atoms with Gasteiger partial charge in [-0.2, -0.15) is 0 Å². The van der Waals surface area contributed by atoms with Crippen molar-refractivity contribution in [3.63, 3.8) is 0 Å². The molecule has 0 fully saturated rings. The van der Waals surface area contributed by atoms with E-state index in [1.165, 1.54) is 7.11 Å². The average molecular weight is 321 g/mol. The van der Waals surface area contributed by atoms with Crippen LogP contribution in [0.3, 0.4) is 0 Å². The van der Waals surface area contributed by atoms with Gasteiger partial charge in [-0.3, -0.25) is 0 Å². The van der Waals surface area contributed by atoms with Gasteiger partial charge in [0, 0.05) is 0 Å². The summed E-state index contributed by atoms with van der Waals surface area (Å²) in [5.41, 5.74) is 2.26. The summed E-state index contributed by atoms with van der Waals surface area (Å²) in [5, 5.41) is 0. The average Bonchev–Trinajstić information content (AvgIpc) is 2.47. The second-order valence-corrected chi connectivity index (χ2v) is 4.74. The van der Waals surface area contributed by atoms with Gasteiger partial charge < -0.3 is 9.47 Å². The number of hydrogen-bond acceptors (Lipinski definition) is 3. The van der Waals surface area contributed by atoms with Crippen LogP contribution < -0.4 is 4.74 Å². The minimum absolute atomic E-state index is 0.350. The number of benzene rings is 2. The zero-order valence-electron chi connectivity index (χ0n) is 10.6. The van der Waals surface area contributed by atoms with Crippen molar-refractivity contribution in [1.29, 1.82) is 0 Å². The summed E-state index contributed by atoms with van der Waals surface area (Å²) in [6, 6.07) is 13.0. The van der Waals surface area contributed by atoms with Crippen LogP contribution in [0, 0.1) is 0 Å². The van der Waals surface area contributed by atoms with Gasteiger partial charge in [0.15, 0.2) is 0 Å². The molecule has 0 aromatic heterocycles. The van der Waals surface area contributed by atoms with Crippen LogP contribution in [0.2, 0.25) is 0 Å². The van der Waals surface area contributed by atoms with Crippen molar-refractivity contribution in [2.75, 3.05) is 14.2 Å². The van der Waals surface area contributed by atoms with Gasteiger partial charge >= 0.3 is 5.97 Å². The van der Waals surface area contributed by atoms with Crippen LogP contribution in [-0.2, 0) is 4.74 Å². The molecule has 0 unspecified atom stereocenters. The summed E-state index contributed by atoms with van der Waals surface area (Å²) < 4.78 is 10.9. The topological polar surface area (TPSA) is 35.5 Å². The fourth-order valence-corrected chi connectivity index (χ4v) is 2.26. The van der Waals surface area contributed by atoms with Crippen LogP contribution in [0.4, 0.5) is 0 Å². The molecule has 0 aliphatic carbocycles. The zero-order chi connectivity index (χ0) is 13.8. The zero-order valence-corrected chi connectivity index (χ0v) is 12.2. The largest absolute Gasteiger partial charge is 0.496 e. The maximum atomic E-state index is 11.8. The standard InChI is InChI=1S/C15H13BrO3/c1-18-14-9-10(7-8-13(14)16)11-5-3-4-6-12(11)15(17)19-2/h3-9H,1-2H3. The number of carbonyl (C=O) groups is 1. The summed E-state index contributed by atoms with van der Waals surface area (Å²) in [7, 11) is 2.98. The van der Waals surface area contributed by atoms with Crippen molar-refractivity contribution < 1.29 is 14.3 Å². The first-order chi connectivity index (χ1) is 9.17. The normalized spacial score (nSPS) is 10.1. The first-order valence-electron chi connectivity index (χ1n) is 5.68. The van der Waals surface area contributed by atoms with Crippen LogP contribution in [0.15, 0.2) is 46.9 Å². The summed E-state index contributed by atoms with van der Waals surface area (Å²) >= 11 is 3.41. The number of hydrogen-bond donors (Lipinski definition) is 0. The summed E-state index contributed by atoms with van der Waals surface area (Å²) in [6.07, 6.45) is 0. The van der Waals surface area contributed by atoms with Crippen LogP contribution >= 0.6 is 15.9 Å². The van der Waals surface area contributed by atoms with Crippen molar-refractivity contribution in [2.24, 2.45) is 0 Å². The predicted molar refractivity (Wildman–Crippen MR) is 77.5 cm³/mol. The Morgan fingerprint density at radius 3 is 2.53 bits per heavy atom. The first-order valence-corrected chi connectivity index (χ1v) is 6.48. The molecule has 19 heavy (non-hydrogen) atoms. The maximum Gasteiger partial charge on any atom is 0.338 e. The van der Waals surface area contributed by atoms with E-state index in [0.717, 1.165) is 21.3 Å². The lowest BCUT2D eigenvalue weighted by Crippen LogP contribution is -2.03. The highest BCUT2D eigenvalue weighted by Crippen LogP contribution is 2.32. The van der Waals surface area contributed by atoms with E-state index in [0.29, 0.717) is 5.56 Å². The maximum absolute atomic E-state index is 11.8. The molecule has 0 aliphatic rings. The Balaban J connectivity index is 2.56. The number of rotatable bonds is 3. The van der Waals surface area contributed by atoms with Crippen LogP contribution in [0.1, 0.15) is 10.4 Å². The van der Waals surface area contributed by atoms with Gasteiger partial charge in [0.05, 0.1) is 24.3 Å². The second kappa shape index (κ2) is 5.89. The predicted octanol–water partition coefficient (Wildman–Crippen LogP) is 3.91. The quantitative estimate of drug-likeness (QED) is 0.804. The molecule has 0 bridgehead atoms. The molecular weight excluding hydrogens is 308 g/mol. The van der Waals surface area contributed by atoms with E-state index >= 15 is 0 Å². The Bertz CT molecular complexity index is 608. The Morgan fingerprint density at radius 2 is 1.84 bits per heavy atom. The smallest absolute Gasteiger partial charge is 0.338 e. The summed E-state index contributed by atoms with van der Waals surface area (Å²) in [5.74, 6) is 0.370. The lowest BCUT2D eigenvalue weighted by atomic mass is 9.99. The SMILES string of the molecule is COC(=O)c1ccccc1-c1ccc(Br)c(OC)c1. The van der Waals surface area contributed by atoms with Crippen molar-refractivity contribution in [1.82, 2.24) is 0 Å². The minimum atomic E-state index is -0.350. The van der Waals surface area contributed by atoms with E-state index in [1.54, 1.807) is 13.2 Å². The Morgan fingerprint density at radius 1 is 1.11 bits per heavy atom. The first kappa shape index (κ1) is 13.6. The molecule has 0 heterocycles. The molecule has 0 radical (unpaired) electrons. The van der Waals surface area contributed by atoms with Crippen molar-refractivity contribution in [3.05, 3.63) is 52.5 Å². The fourth-order valence-electron chi connectivity index (χ4n) is 1.85. The van der Waals surface area contributed by atoms with Crippen molar-refractivity contribution in [3.8, 4) is 16.9 Å². The third-order valence-electron chi connectivity index (χ3n) is 2.79. The van der Waals surface area contributed by atoms with Gasteiger partial charge in [-0.15, -0.1) is 0 Å². The van der Waals surface area contributed by atoms with Gasteiger partial charge in [-0.25, -0.2) is 4.79 Å². The Kier molecular flexibility index (Phi) is 4.22. The molecule has 2 rings (SSSR count). The Labute approximate surface area is 120 Å². The number of methoxy groups -OCH3 is 2. The number of esters is 1. The molecular formula is C15H13BrO3. The highest BCUT2D eigenvalue weighted by Gasteiger charge is 2.13. The number of halogens is 1. The molecule has 0 saturated carbocycles. The molecule has 98 valence electrons. The lowest BCUT2D eigenvalue weighted by molar-refractivity contribution is 0.0601. The molecule has 0 aliphatic heterocycles. The van der Waals surface area contributed by atoms with Gasteiger partial charge in [0.1, 0.15) is 5.75 Å². The molecule has 4 heteroatoms. The van der Waals surface area contributed by atoms with E-state index in [2.05, 4.69) is 15.9 Å². The summed E-state index contributed by atoms with van der Waals surface area (Å²) in [4.78, 5) is 11.8. The van der Waals surface area contributed by atoms with Crippen molar-refractivity contribution >= 4 is 21.9 Å². The van der Waals surface area contributed by atoms with E-state index in [4.69, 9.17) is 9.47 Å². The van der Waals surface area contributed by atoms with Gasteiger partial charge in [-0.1, -0.05) is 24.3 Å².